The summed E-state index contributed by atoms with van der Waals surface area (Å²) in [5, 5.41) is 82.9. The number of carbonyl (C=O) groups is 2. The first-order chi connectivity index (χ1) is 32.7. The minimum absolute atomic E-state index is 0.0939. The van der Waals surface area contributed by atoms with Crippen LogP contribution in [0.2, 0.25) is 0 Å². The molecular weight excluding hydrogens is 907 g/mol. The molecule has 2 fully saturated rings. The van der Waals surface area contributed by atoms with Gasteiger partial charge in [-0.25, -0.2) is 9.36 Å². The predicted molar refractivity (Wildman–Crippen MR) is 254 cm³/mol. The number of carbonyl (C=O) groups excluding carboxylic acids is 2. The Labute approximate surface area is 405 Å². The molecular formula is C49H89O18P. The van der Waals surface area contributed by atoms with Crippen molar-refractivity contribution in [3.63, 3.8) is 0 Å². The van der Waals surface area contributed by atoms with Gasteiger partial charge in [-0.05, 0) is 19.3 Å². The number of unbranched alkanes of at least 4 members (excludes halogenated alkanes) is 23. The highest BCUT2D eigenvalue weighted by Crippen LogP contribution is 2.48. The van der Waals surface area contributed by atoms with E-state index in [1.807, 2.05) is 6.08 Å². The smallest absolute Gasteiger partial charge is 0.462 e. The lowest BCUT2D eigenvalue weighted by molar-refractivity contribution is -0.338. The molecule has 13 unspecified atom stereocenters. The van der Waals surface area contributed by atoms with Gasteiger partial charge in [-0.2, -0.15) is 0 Å². The van der Waals surface area contributed by atoms with E-state index in [-0.39, 0.29) is 6.42 Å². The molecule has 398 valence electrons. The fourth-order valence-electron chi connectivity index (χ4n) is 8.26. The largest absolute Gasteiger partial charge is 0.472 e. The molecule has 0 radical (unpaired) electrons. The Balaban J connectivity index is 1.98. The molecule has 68 heavy (non-hydrogen) atoms. The zero-order chi connectivity index (χ0) is 50.2. The molecule has 13 atom stereocenters. The van der Waals surface area contributed by atoms with Gasteiger partial charge in [0.1, 0.15) is 67.6 Å². The highest BCUT2D eigenvalue weighted by atomic mass is 31.2. The molecule has 1 heterocycles. The summed E-state index contributed by atoms with van der Waals surface area (Å²) in [6, 6.07) is 0. The Morgan fingerprint density at radius 1 is 0.588 bits per heavy atom. The Morgan fingerprint density at radius 2 is 1.06 bits per heavy atom. The number of hydrogen-bond donors (Lipinski definition) is 9. The maximum atomic E-state index is 13.4. The third kappa shape index (κ3) is 25.5. The number of aliphatic hydroxyl groups is 8. The molecule has 19 heteroatoms. The van der Waals surface area contributed by atoms with Gasteiger partial charge < -0.3 is 64.7 Å². The van der Waals surface area contributed by atoms with Crippen LogP contribution in [0, 0.1) is 0 Å². The summed E-state index contributed by atoms with van der Waals surface area (Å²) < 4.78 is 45.2. The molecule has 1 saturated heterocycles. The van der Waals surface area contributed by atoms with Gasteiger partial charge in [0.05, 0.1) is 13.2 Å². The Morgan fingerprint density at radius 3 is 1.57 bits per heavy atom. The van der Waals surface area contributed by atoms with Crippen molar-refractivity contribution in [2.75, 3.05) is 19.8 Å². The van der Waals surface area contributed by atoms with Crippen LogP contribution in [0.5, 0.6) is 0 Å². The van der Waals surface area contributed by atoms with E-state index in [1.54, 1.807) is 6.08 Å². The molecule has 0 aromatic carbocycles. The van der Waals surface area contributed by atoms with Crippen LogP contribution in [0.1, 0.15) is 181 Å². The first kappa shape index (κ1) is 62.2. The lowest BCUT2D eigenvalue weighted by atomic mass is 9.84. The number of esters is 2. The van der Waals surface area contributed by atoms with Crippen LogP contribution >= 0.6 is 7.82 Å². The number of rotatable bonds is 39. The standard InChI is InChI=1S/C49H89O18P/c1-3-5-7-9-11-13-15-17-18-20-22-24-26-28-30-32-39(52)64-36(34-62-38(51)31-29-27-25-23-21-19-16-14-12-10-8-6-4-2)35-63-68(60,61)67-48-45(58)43(56)42(55)44(57)47(48)66-49-46(59)41(54)40(53)37(33-50)65-49/h26,28,30,32,36-37,40-50,53-59H,3-25,27,29,31,33-35H2,1-2H3,(H,60,61). The molecule has 0 bridgehead atoms. The highest BCUT2D eigenvalue weighted by Gasteiger charge is 2.55. The van der Waals surface area contributed by atoms with Crippen LogP contribution in [0.4, 0.5) is 0 Å². The van der Waals surface area contributed by atoms with Crippen molar-refractivity contribution in [3.8, 4) is 0 Å². The third-order valence-electron chi connectivity index (χ3n) is 12.5. The van der Waals surface area contributed by atoms with Crippen LogP contribution in [0.25, 0.3) is 0 Å². The van der Waals surface area contributed by atoms with E-state index in [0.29, 0.717) is 6.42 Å². The first-order valence-corrected chi connectivity index (χ1v) is 27.2. The SMILES string of the molecule is CCCCCCCCCCCCCC=CC=CC(=O)OC(COC(=O)CCCCCCCCCCCCCCC)COP(=O)(O)OC1C(O)C(O)C(O)C(O)C1OC1OC(CO)C(O)C(O)C1O. The van der Waals surface area contributed by atoms with Crippen molar-refractivity contribution in [1.82, 2.24) is 0 Å². The van der Waals surface area contributed by atoms with Crippen LogP contribution in [-0.4, -0.2) is 151 Å². The Bertz CT molecular complexity index is 1420. The van der Waals surface area contributed by atoms with Gasteiger partial charge in [-0.3, -0.25) is 13.8 Å². The van der Waals surface area contributed by atoms with E-state index in [1.165, 1.54) is 115 Å². The number of phosphoric acid groups is 1. The molecule has 18 nitrogen and oxygen atoms in total. The molecule has 0 amide bonds. The molecule has 9 N–H and O–H groups in total. The van der Waals surface area contributed by atoms with Crippen LogP contribution < -0.4 is 0 Å². The molecule has 1 aliphatic carbocycles. The maximum absolute atomic E-state index is 13.4. The highest BCUT2D eigenvalue weighted by molar-refractivity contribution is 7.47. The molecule has 1 aliphatic heterocycles. The number of phosphoric ester groups is 1. The van der Waals surface area contributed by atoms with E-state index in [4.69, 9.17) is 28.0 Å². The number of ether oxygens (including phenoxy) is 4. The first-order valence-electron chi connectivity index (χ1n) is 25.7. The Kier molecular flexibility index (Phi) is 33.8. The van der Waals surface area contributed by atoms with Crippen LogP contribution in [0.3, 0.4) is 0 Å². The summed E-state index contributed by atoms with van der Waals surface area (Å²) >= 11 is 0. The summed E-state index contributed by atoms with van der Waals surface area (Å²) in [5.41, 5.74) is 0. The fourth-order valence-corrected chi connectivity index (χ4v) is 9.23. The van der Waals surface area contributed by atoms with Gasteiger partial charge in [-0.1, -0.05) is 173 Å². The van der Waals surface area contributed by atoms with E-state index in [9.17, 15) is 59.9 Å². The molecule has 2 aliphatic rings. The van der Waals surface area contributed by atoms with Gasteiger partial charge in [-0.15, -0.1) is 0 Å². The lowest BCUT2D eigenvalue weighted by Crippen LogP contribution is -2.67. The van der Waals surface area contributed by atoms with E-state index in [0.717, 1.165) is 51.0 Å². The number of allylic oxidation sites excluding steroid dienone is 3. The number of hydrogen-bond acceptors (Lipinski definition) is 17. The topological polar surface area (TPSA) is 289 Å². The van der Waals surface area contributed by atoms with Crippen LogP contribution in [-0.2, 0) is 42.1 Å². The van der Waals surface area contributed by atoms with Gasteiger partial charge in [0.2, 0.25) is 0 Å². The second-order valence-corrected chi connectivity index (χ2v) is 19.8. The summed E-state index contributed by atoms with van der Waals surface area (Å²) in [7, 11) is -5.40. The van der Waals surface area contributed by atoms with Crippen molar-refractivity contribution < 1.29 is 87.9 Å². The summed E-state index contributed by atoms with van der Waals surface area (Å²) in [6.07, 6.45) is 11.9. The monoisotopic (exact) mass is 997 g/mol. The minimum atomic E-state index is -5.40. The van der Waals surface area contributed by atoms with E-state index >= 15 is 0 Å². The zero-order valence-electron chi connectivity index (χ0n) is 40.9. The van der Waals surface area contributed by atoms with Gasteiger partial charge in [0.25, 0.3) is 0 Å². The third-order valence-corrected chi connectivity index (χ3v) is 13.5. The average molecular weight is 997 g/mol. The number of aliphatic hydroxyl groups excluding tert-OH is 8. The van der Waals surface area contributed by atoms with Crippen LogP contribution in [0.15, 0.2) is 24.3 Å². The minimum Gasteiger partial charge on any atom is -0.462 e. The maximum Gasteiger partial charge on any atom is 0.472 e. The second-order valence-electron chi connectivity index (χ2n) is 18.4. The normalized spacial score (nSPS) is 28.0. The predicted octanol–water partition coefficient (Wildman–Crippen LogP) is 5.88. The van der Waals surface area contributed by atoms with Crippen molar-refractivity contribution >= 4 is 19.8 Å². The zero-order valence-corrected chi connectivity index (χ0v) is 41.8. The van der Waals surface area contributed by atoms with Crippen molar-refractivity contribution in [2.24, 2.45) is 0 Å². The quantitative estimate of drug-likeness (QED) is 0.0114. The summed E-state index contributed by atoms with van der Waals surface area (Å²) in [5.74, 6) is -1.46. The molecule has 0 spiro atoms. The second kappa shape index (κ2) is 37.0. The summed E-state index contributed by atoms with van der Waals surface area (Å²) in [4.78, 5) is 36.4. The fraction of sp³-hybridized carbons (Fsp3) is 0.878. The molecule has 0 aromatic heterocycles. The van der Waals surface area contributed by atoms with Crippen molar-refractivity contribution in [1.29, 1.82) is 0 Å². The summed E-state index contributed by atoms with van der Waals surface area (Å²) in [6.45, 7) is 2.13. The van der Waals surface area contributed by atoms with Crippen molar-refractivity contribution in [3.05, 3.63) is 24.3 Å². The van der Waals surface area contributed by atoms with Crippen molar-refractivity contribution in [2.45, 2.75) is 254 Å². The van der Waals surface area contributed by atoms with Gasteiger partial charge in [0, 0.05) is 12.5 Å². The Hall–Kier alpha value is -1.87. The molecule has 0 aromatic rings. The van der Waals surface area contributed by atoms with Gasteiger partial charge >= 0.3 is 19.8 Å². The van der Waals surface area contributed by atoms with E-state index < -0.39 is 113 Å². The van der Waals surface area contributed by atoms with E-state index in [2.05, 4.69) is 13.8 Å². The lowest BCUT2D eigenvalue weighted by Gasteiger charge is -2.47. The molecule has 1 saturated carbocycles. The van der Waals surface area contributed by atoms with Gasteiger partial charge in [0.15, 0.2) is 12.4 Å². The average Bonchev–Trinajstić information content (AvgIpc) is 3.32. The molecule has 2 rings (SSSR count).